The summed E-state index contributed by atoms with van der Waals surface area (Å²) in [6, 6.07) is 5.28. The number of hydrogen-bond acceptors (Lipinski definition) is 3. The number of pyridine rings is 1. The third-order valence-corrected chi connectivity index (χ3v) is 3.98. The van der Waals surface area contributed by atoms with Gasteiger partial charge < -0.3 is 15.1 Å². The number of nitrogens with zero attached hydrogens (tertiary/aromatic N) is 3. The molecule has 2 rings (SSSR count). The number of nitrogens with one attached hydrogen (secondary N) is 1. The van der Waals surface area contributed by atoms with E-state index in [2.05, 4.69) is 10.3 Å². The Bertz CT molecular complexity index is 714. The minimum absolute atomic E-state index is 0.0713. The number of aromatic nitrogens is 1. The normalized spacial score (nSPS) is 11.8. The second kappa shape index (κ2) is 7.92. The molecule has 0 bridgehead atoms. The summed E-state index contributed by atoms with van der Waals surface area (Å²) in [5.41, 5.74) is 0.868. The van der Waals surface area contributed by atoms with Gasteiger partial charge in [-0.3, -0.25) is 4.98 Å². The van der Waals surface area contributed by atoms with E-state index < -0.39 is 17.7 Å². The highest BCUT2D eigenvalue weighted by molar-refractivity contribution is 5.89. The summed E-state index contributed by atoms with van der Waals surface area (Å²) in [5, 5.41) is 2.55. The first kappa shape index (κ1) is 18.6. The maximum absolute atomic E-state index is 14.0. The van der Waals surface area contributed by atoms with Gasteiger partial charge >= 0.3 is 6.03 Å². The van der Waals surface area contributed by atoms with Crippen molar-refractivity contribution in [2.75, 3.05) is 31.4 Å². The van der Waals surface area contributed by atoms with Crippen LogP contribution >= 0.6 is 0 Å². The summed E-state index contributed by atoms with van der Waals surface area (Å²) in [5.74, 6) is -1.46. The number of hydrogen-bond donors (Lipinski definition) is 1. The van der Waals surface area contributed by atoms with Crippen molar-refractivity contribution >= 4 is 17.4 Å². The molecule has 1 N–H and O–H groups in total. The van der Waals surface area contributed by atoms with E-state index in [1.165, 1.54) is 9.80 Å². The molecule has 0 aliphatic carbocycles. The van der Waals surface area contributed by atoms with E-state index in [0.29, 0.717) is 6.42 Å². The van der Waals surface area contributed by atoms with Crippen LogP contribution < -0.4 is 10.2 Å². The van der Waals surface area contributed by atoms with Crippen LogP contribution in [0.3, 0.4) is 0 Å². The average Bonchev–Trinajstić information content (AvgIpc) is 2.55. The third kappa shape index (κ3) is 4.23. The Kier molecular flexibility index (Phi) is 5.90. The number of urea groups is 1. The number of anilines is 2. The molecule has 0 spiro atoms. The monoisotopic (exact) mass is 348 g/mol. The van der Waals surface area contributed by atoms with Crippen molar-refractivity contribution < 1.29 is 13.6 Å². The van der Waals surface area contributed by atoms with Crippen molar-refractivity contribution in [2.45, 2.75) is 19.4 Å². The van der Waals surface area contributed by atoms with E-state index in [1.807, 2.05) is 19.1 Å². The van der Waals surface area contributed by atoms with Crippen LogP contribution in [0.2, 0.25) is 0 Å². The van der Waals surface area contributed by atoms with Crippen molar-refractivity contribution in [1.29, 1.82) is 0 Å². The Labute approximate surface area is 146 Å². The molecule has 2 amide bonds. The zero-order chi connectivity index (χ0) is 18.6. The van der Waals surface area contributed by atoms with Crippen molar-refractivity contribution in [3.05, 3.63) is 53.9 Å². The Morgan fingerprint density at radius 2 is 1.72 bits per heavy atom. The predicted octanol–water partition coefficient (Wildman–Crippen LogP) is 4.04. The van der Waals surface area contributed by atoms with Gasteiger partial charge in [0.25, 0.3) is 0 Å². The highest BCUT2D eigenvalue weighted by Crippen LogP contribution is 2.27. The predicted molar refractivity (Wildman–Crippen MR) is 94.7 cm³/mol. The molecule has 0 fully saturated rings. The first-order valence-electron chi connectivity index (χ1n) is 7.95. The van der Waals surface area contributed by atoms with Gasteiger partial charge in [0.15, 0.2) is 11.6 Å². The molecule has 0 saturated heterocycles. The molecule has 1 aromatic carbocycles. The Hall–Kier alpha value is -2.70. The number of amides is 2. The number of rotatable bonds is 5. The maximum atomic E-state index is 14.0. The maximum Gasteiger partial charge on any atom is 0.322 e. The highest BCUT2D eigenvalue weighted by Gasteiger charge is 2.21. The van der Waals surface area contributed by atoms with Gasteiger partial charge in [0.05, 0.1) is 6.04 Å². The van der Waals surface area contributed by atoms with Gasteiger partial charge in [-0.1, -0.05) is 6.92 Å². The van der Waals surface area contributed by atoms with Crippen molar-refractivity contribution in [2.24, 2.45) is 0 Å². The Balaban J connectivity index is 2.18. The van der Waals surface area contributed by atoms with Gasteiger partial charge in [0, 0.05) is 39.2 Å². The smallest absolute Gasteiger partial charge is 0.322 e. The van der Waals surface area contributed by atoms with Crippen LogP contribution in [0.1, 0.15) is 24.9 Å². The fourth-order valence-corrected chi connectivity index (χ4v) is 2.74. The van der Waals surface area contributed by atoms with Gasteiger partial charge in [-0.2, -0.15) is 0 Å². The molecule has 7 heteroatoms. The van der Waals surface area contributed by atoms with Crippen LogP contribution in [0.4, 0.5) is 25.0 Å². The molecule has 0 aliphatic rings. The van der Waals surface area contributed by atoms with Crippen molar-refractivity contribution in [3.8, 4) is 0 Å². The molecular formula is C18H22F2N4O. The number of carbonyl (C=O) groups excluding carboxylic acids is 1. The van der Waals surface area contributed by atoms with Crippen molar-refractivity contribution in [1.82, 2.24) is 9.88 Å². The van der Waals surface area contributed by atoms with Gasteiger partial charge in [0.2, 0.25) is 0 Å². The molecule has 1 atom stereocenters. The molecule has 0 saturated carbocycles. The van der Waals surface area contributed by atoms with Gasteiger partial charge in [-0.05, 0) is 36.2 Å². The van der Waals surface area contributed by atoms with Crippen LogP contribution in [0.15, 0.2) is 36.7 Å². The second-order valence-corrected chi connectivity index (χ2v) is 5.93. The summed E-state index contributed by atoms with van der Waals surface area (Å²) in [4.78, 5) is 19.3. The lowest BCUT2D eigenvalue weighted by Crippen LogP contribution is -2.34. The lowest BCUT2D eigenvalue weighted by molar-refractivity contribution is 0.202. The summed E-state index contributed by atoms with van der Waals surface area (Å²) < 4.78 is 28.1. The minimum Gasteiger partial charge on any atom is -0.373 e. The molecule has 0 radical (unpaired) electrons. The molecule has 1 heterocycles. The van der Waals surface area contributed by atoms with Crippen molar-refractivity contribution in [3.63, 3.8) is 0 Å². The largest absolute Gasteiger partial charge is 0.373 e. The first-order valence-corrected chi connectivity index (χ1v) is 7.95. The zero-order valence-corrected chi connectivity index (χ0v) is 14.8. The topological polar surface area (TPSA) is 48.5 Å². The van der Waals surface area contributed by atoms with Crippen LogP contribution in [-0.4, -0.2) is 37.1 Å². The molecule has 5 nitrogen and oxygen atoms in total. The molecule has 0 aliphatic heterocycles. The van der Waals surface area contributed by atoms with E-state index in [9.17, 15) is 13.6 Å². The van der Waals surface area contributed by atoms with Crippen LogP contribution in [-0.2, 0) is 0 Å². The standard InChI is InChI=1S/C18H22F2N4O/c1-5-16(12-6-8-21-9-7-12)24(4)18(25)22-13-10-14(19)17(23(2)3)15(20)11-13/h6-11,16H,5H2,1-4H3,(H,22,25). The average molecular weight is 348 g/mol. The molecular weight excluding hydrogens is 326 g/mol. The molecule has 25 heavy (non-hydrogen) atoms. The Morgan fingerprint density at radius 1 is 1.16 bits per heavy atom. The summed E-state index contributed by atoms with van der Waals surface area (Å²) in [7, 11) is 4.74. The van der Waals surface area contributed by atoms with E-state index in [4.69, 9.17) is 0 Å². The van der Waals surface area contributed by atoms with E-state index >= 15 is 0 Å². The summed E-state index contributed by atoms with van der Waals surface area (Å²) in [6.07, 6.45) is 4.01. The fourth-order valence-electron chi connectivity index (χ4n) is 2.74. The summed E-state index contributed by atoms with van der Waals surface area (Å²) in [6.45, 7) is 1.96. The van der Waals surface area contributed by atoms with Gasteiger partial charge in [0.1, 0.15) is 5.69 Å². The molecule has 1 unspecified atom stereocenters. The van der Waals surface area contributed by atoms with Crippen LogP contribution in [0.5, 0.6) is 0 Å². The quantitative estimate of drug-likeness (QED) is 0.887. The van der Waals surface area contributed by atoms with E-state index in [-0.39, 0.29) is 17.4 Å². The molecule has 134 valence electrons. The first-order chi connectivity index (χ1) is 11.8. The van der Waals surface area contributed by atoms with E-state index in [1.54, 1.807) is 33.5 Å². The SMILES string of the molecule is CCC(c1ccncc1)N(C)C(=O)Nc1cc(F)c(N(C)C)c(F)c1. The van der Waals surface area contributed by atoms with Gasteiger partial charge in [-0.25, -0.2) is 13.6 Å². The second-order valence-electron chi connectivity index (χ2n) is 5.93. The Morgan fingerprint density at radius 3 is 2.20 bits per heavy atom. The lowest BCUT2D eigenvalue weighted by Gasteiger charge is -2.28. The minimum atomic E-state index is -0.732. The number of carbonyl (C=O) groups is 1. The lowest BCUT2D eigenvalue weighted by atomic mass is 10.1. The van der Waals surface area contributed by atoms with Gasteiger partial charge in [-0.15, -0.1) is 0 Å². The highest BCUT2D eigenvalue weighted by atomic mass is 19.1. The van der Waals surface area contributed by atoms with Crippen LogP contribution in [0, 0.1) is 11.6 Å². The van der Waals surface area contributed by atoms with Crippen LogP contribution in [0.25, 0.3) is 0 Å². The summed E-state index contributed by atoms with van der Waals surface area (Å²) >= 11 is 0. The molecule has 2 aromatic rings. The fraction of sp³-hybridized carbons (Fsp3) is 0.333. The van der Waals surface area contributed by atoms with E-state index in [0.717, 1.165) is 17.7 Å². The number of benzene rings is 1. The number of halogens is 2. The zero-order valence-electron chi connectivity index (χ0n) is 14.8. The molecule has 1 aromatic heterocycles. The third-order valence-electron chi connectivity index (χ3n) is 3.98.